The molecule has 2 heteroatoms. The van der Waals surface area contributed by atoms with E-state index in [0.29, 0.717) is 6.10 Å². The van der Waals surface area contributed by atoms with E-state index < -0.39 is 0 Å². The van der Waals surface area contributed by atoms with Gasteiger partial charge in [-0.05, 0) is 6.20 Å². The molecule has 0 aromatic heterocycles. The molecular formula is C6H11NO. The number of hydrogen-bond acceptors (Lipinski definition) is 2. The molecule has 8 heavy (non-hydrogen) atoms. The highest BCUT2D eigenvalue weighted by molar-refractivity contribution is 4.77. The van der Waals surface area contributed by atoms with Crippen molar-refractivity contribution in [3.8, 4) is 0 Å². The summed E-state index contributed by atoms with van der Waals surface area (Å²) in [5.74, 6) is 0. The van der Waals surface area contributed by atoms with E-state index in [1.165, 1.54) is 0 Å². The zero-order valence-electron chi connectivity index (χ0n) is 5.13. The van der Waals surface area contributed by atoms with Crippen molar-refractivity contribution < 1.29 is 4.74 Å². The third-order valence-corrected chi connectivity index (χ3v) is 1.21. The first kappa shape index (κ1) is 5.63. The minimum atomic E-state index is 0.484. The lowest BCUT2D eigenvalue weighted by Crippen LogP contribution is -2.16. The Labute approximate surface area is 49.7 Å². The zero-order valence-corrected chi connectivity index (χ0v) is 5.13. The molecule has 0 bridgehead atoms. The molecule has 1 saturated heterocycles. The van der Waals surface area contributed by atoms with Crippen LogP contribution in [0, 0.1) is 0 Å². The maximum absolute atomic E-state index is 4.99. The van der Waals surface area contributed by atoms with Crippen molar-refractivity contribution >= 4 is 0 Å². The summed E-state index contributed by atoms with van der Waals surface area (Å²) in [7, 11) is 1.99. The van der Waals surface area contributed by atoms with E-state index in [9.17, 15) is 0 Å². The Morgan fingerprint density at radius 1 is 2.00 bits per heavy atom. The summed E-state index contributed by atoms with van der Waals surface area (Å²) in [6, 6.07) is 0. The van der Waals surface area contributed by atoms with Gasteiger partial charge in [-0.25, -0.2) is 0 Å². The van der Waals surface area contributed by atoms with E-state index in [0.717, 1.165) is 13.2 Å². The molecule has 0 aromatic carbocycles. The number of ether oxygens (including phenoxy) is 1. The molecule has 0 amide bonds. The van der Waals surface area contributed by atoms with Gasteiger partial charge in [-0.3, -0.25) is 0 Å². The van der Waals surface area contributed by atoms with Crippen molar-refractivity contribution in [2.24, 2.45) is 0 Å². The molecule has 1 fully saturated rings. The molecule has 1 heterocycles. The molecule has 2 nitrogen and oxygen atoms in total. The van der Waals surface area contributed by atoms with E-state index in [4.69, 9.17) is 4.74 Å². The number of nitrogens with zero attached hydrogens (tertiary/aromatic N) is 1. The van der Waals surface area contributed by atoms with E-state index in [-0.39, 0.29) is 0 Å². The molecule has 0 aliphatic carbocycles. The molecule has 1 unspecified atom stereocenters. The Hall–Kier alpha value is -0.500. The highest BCUT2D eigenvalue weighted by Crippen LogP contribution is 2.09. The first-order valence-corrected chi connectivity index (χ1v) is 2.77. The summed E-state index contributed by atoms with van der Waals surface area (Å²) < 4.78 is 4.99. The fourth-order valence-electron chi connectivity index (χ4n) is 0.569. The van der Waals surface area contributed by atoms with Gasteiger partial charge in [-0.2, -0.15) is 0 Å². The Balaban J connectivity index is 2.06. The Kier molecular flexibility index (Phi) is 1.53. The number of likely N-dealkylation sites (N-methyl/N-ethyl adjacent to an activating group) is 1. The van der Waals surface area contributed by atoms with Crippen LogP contribution in [0.5, 0.6) is 0 Å². The van der Waals surface area contributed by atoms with E-state index >= 15 is 0 Å². The van der Waals surface area contributed by atoms with Crippen molar-refractivity contribution in [3.63, 3.8) is 0 Å². The average Bonchev–Trinajstić information content (AvgIpc) is 2.50. The van der Waals surface area contributed by atoms with Gasteiger partial charge in [0.15, 0.2) is 0 Å². The lowest BCUT2D eigenvalue weighted by Gasteiger charge is -2.09. The van der Waals surface area contributed by atoms with Crippen LogP contribution in [0.3, 0.4) is 0 Å². The lowest BCUT2D eigenvalue weighted by molar-refractivity contribution is 0.343. The SMILES string of the molecule is C=CN(C)CC1CO1. The van der Waals surface area contributed by atoms with Gasteiger partial charge in [0, 0.05) is 13.6 Å². The molecule has 0 radical (unpaired) electrons. The largest absolute Gasteiger partial charge is 0.378 e. The van der Waals surface area contributed by atoms with Gasteiger partial charge >= 0.3 is 0 Å². The van der Waals surface area contributed by atoms with E-state index in [1.54, 1.807) is 0 Å². The van der Waals surface area contributed by atoms with Crippen LogP contribution in [-0.2, 0) is 4.74 Å². The summed E-state index contributed by atoms with van der Waals surface area (Å²) in [4.78, 5) is 2.03. The second kappa shape index (κ2) is 2.18. The fraction of sp³-hybridized carbons (Fsp3) is 0.667. The standard InChI is InChI=1S/C6H11NO/c1-3-7(2)4-6-5-8-6/h3,6H,1,4-5H2,2H3. The van der Waals surface area contributed by atoms with Gasteiger partial charge in [-0.15, -0.1) is 0 Å². The summed E-state index contributed by atoms with van der Waals surface area (Å²) in [5, 5.41) is 0. The summed E-state index contributed by atoms with van der Waals surface area (Å²) >= 11 is 0. The molecule has 1 atom stereocenters. The van der Waals surface area contributed by atoms with E-state index in [1.807, 2.05) is 18.1 Å². The van der Waals surface area contributed by atoms with Gasteiger partial charge in [-0.1, -0.05) is 6.58 Å². The predicted molar refractivity (Wildman–Crippen MR) is 32.6 cm³/mol. The molecule has 0 N–H and O–H groups in total. The predicted octanol–water partition coefficient (Wildman–Crippen LogP) is 0.460. The van der Waals surface area contributed by atoms with Gasteiger partial charge in [0.25, 0.3) is 0 Å². The smallest absolute Gasteiger partial charge is 0.0983 e. The van der Waals surface area contributed by atoms with Crippen molar-refractivity contribution in [1.29, 1.82) is 0 Å². The zero-order chi connectivity index (χ0) is 5.98. The van der Waals surface area contributed by atoms with Crippen molar-refractivity contribution in [2.75, 3.05) is 20.2 Å². The van der Waals surface area contributed by atoms with Crippen LogP contribution >= 0.6 is 0 Å². The highest BCUT2D eigenvalue weighted by atomic mass is 16.6. The minimum absolute atomic E-state index is 0.484. The molecule has 46 valence electrons. The van der Waals surface area contributed by atoms with Gasteiger partial charge in [0.2, 0.25) is 0 Å². The third-order valence-electron chi connectivity index (χ3n) is 1.21. The molecular weight excluding hydrogens is 102 g/mol. The van der Waals surface area contributed by atoms with Gasteiger partial charge < -0.3 is 9.64 Å². The average molecular weight is 113 g/mol. The van der Waals surface area contributed by atoms with Crippen molar-refractivity contribution in [2.45, 2.75) is 6.10 Å². The third kappa shape index (κ3) is 1.54. The Bertz CT molecular complexity index is 88.5. The summed E-state index contributed by atoms with van der Waals surface area (Å²) in [5.41, 5.74) is 0. The normalized spacial score (nSPS) is 24.9. The van der Waals surface area contributed by atoms with Crippen LogP contribution in [0.15, 0.2) is 12.8 Å². The van der Waals surface area contributed by atoms with Crippen LogP contribution < -0.4 is 0 Å². The first-order chi connectivity index (χ1) is 3.83. The number of hydrogen-bond donors (Lipinski definition) is 0. The second-order valence-electron chi connectivity index (χ2n) is 2.08. The van der Waals surface area contributed by atoms with E-state index in [2.05, 4.69) is 6.58 Å². The van der Waals surface area contributed by atoms with Gasteiger partial charge in [0.1, 0.15) is 0 Å². The molecule has 1 rings (SSSR count). The Morgan fingerprint density at radius 3 is 3.00 bits per heavy atom. The number of epoxide rings is 1. The van der Waals surface area contributed by atoms with Gasteiger partial charge in [0.05, 0.1) is 12.7 Å². The Morgan fingerprint density at radius 2 is 2.62 bits per heavy atom. The van der Waals surface area contributed by atoms with Crippen LogP contribution in [-0.4, -0.2) is 31.2 Å². The molecule has 0 saturated carbocycles. The molecule has 1 aliphatic rings. The van der Waals surface area contributed by atoms with Crippen LogP contribution in [0.4, 0.5) is 0 Å². The first-order valence-electron chi connectivity index (χ1n) is 2.77. The maximum Gasteiger partial charge on any atom is 0.0983 e. The minimum Gasteiger partial charge on any atom is -0.378 e. The highest BCUT2D eigenvalue weighted by Gasteiger charge is 2.22. The fourth-order valence-corrected chi connectivity index (χ4v) is 0.569. The lowest BCUT2D eigenvalue weighted by atomic mass is 10.4. The molecule has 0 spiro atoms. The van der Waals surface area contributed by atoms with Crippen LogP contribution in [0.2, 0.25) is 0 Å². The summed E-state index contributed by atoms with van der Waals surface area (Å²) in [6.07, 6.45) is 2.29. The molecule has 1 aliphatic heterocycles. The van der Waals surface area contributed by atoms with Crippen molar-refractivity contribution in [1.82, 2.24) is 4.90 Å². The topological polar surface area (TPSA) is 15.8 Å². The quantitative estimate of drug-likeness (QED) is 0.494. The summed E-state index contributed by atoms with van der Waals surface area (Å²) in [6.45, 7) is 5.53. The maximum atomic E-state index is 4.99. The monoisotopic (exact) mass is 113 g/mol. The second-order valence-corrected chi connectivity index (χ2v) is 2.08. The van der Waals surface area contributed by atoms with Crippen molar-refractivity contribution in [3.05, 3.63) is 12.8 Å². The number of rotatable bonds is 3. The van der Waals surface area contributed by atoms with Crippen LogP contribution in [0.25, 0.3) is 0 Å². The van der Waals surface area contributed by atoms with Crippen LogP contribution in [0.1, 0.15) is 0 Å². The molecule has 0 aromatic rings.